The number of hydrogen-bond donors (Lipinski definition) is 0. The van der Waals surface area contributed by atoms with Crippen LogP contribution >= 0.6 is 0 Å². The molecule has 0 N–H and O–H groups in total. The average Bonchev–Trinajstić information content (AvgIpc) is 2.09. The lowest BCUT2D eigenvalue weighted by Crippen LogP contribution is -2.27. The fraction of sp³-hybridized carbons (Fsp3) is 0.917. The number of carbonyl (C=O) groups excluding carboxylic acids is 1. The molecule has 2 atom stereocenters. The van der Waals surface area contributed by atoms with Gasteiger partial charge in [-0.05, 0) is 25.2 Å². The van der Waals surface area contributed by atoms with Crippen molar-refractivity contribution in [1.29, 1.82) is 0 Å². The topological polar surface area (TPSA) is 26.3 Å². The van der Waals surface area contributed by atoms with Gasteiger partial charge >= 0.3 is 5.97 Å². The van der Waals surface area contributed by atoms with E-state index >= 15 is 0 Å². The van der Waals surface area contributed by atoms with Crippen LogP contribution in [0.25, 0.3) is 0 Å². The molecule has 0 saturated heterocycles. The number of carbonyl (C=O) groups is 1. The summed E-state index contributed by atoms with van der Waals surface area (Å²) in [6.07, 6.45) is 6.21. The fourth-order valence-electron chi connectivity index (χ4n) is 1.67. The van der Waals surface area contributed by atoms with Crippen molar-refractivity contribution in [3.63, 3.8) is 0 Å². The minimum Gasteiger partial charge on any atom is -0.462 e. The molecule has 84 valence electrons. The highest BCUT2D eigenvalue weighted by Gasteiger charge is 2.23. The van der Waals surface area contributed by atoms with Gasteiger partial charge in [-0.25, -0.2) is 0 Å². The lowest BCUT2D eigenvalue weighted by atomic mass is 9.88. The molecule has 1 aliphatic rings. The van der Waals surface area contributed by atoms with Gasteiger partial charge in [0.15, 0.2) is 0 Å². The normalized spacial score (nSPS) is 26.0. The molecule has 2 nitrogen and oxygen atoms in total. The standard InChI is InChI=1S/C9H16O2.C3H8/c1-7-5-3-4-6-9(7)11-8(2)10;1-3-2/h7,9H,3-6H2,1-2H3;3H2,1-2H3. The zero-order valence-electron chi connectivity index (χ0n) is 10.0. The minimum atomic E-state index is -0.135. The van der Waals surface area contributed by atoms with E-state index in [1.807, 2.05) is 0 Å². The van der Waals surface area contributed by atoms with Crippen molar-refractivity contribution in [3.05, 3.63) is 0 Å². The second kappa shape index (κ2) is 7.84. The van der Waals surface area contributed by atoms with E-state index < -0.39 is 0 Å². The molecular weight excluding hydrogens is 176 g/mol. The molecular formula is C12H24O2. The maximum absolute atomic E-state index is 10.6. The minimum absolute atomic E-state index is 0.135. The first kappa shape index (κ1) is 13.5. The molecule has 2 heteroatoms. The van der Waals surface area contributed by atoms with Crippen LogP contribution in [-0.4, -0.2) is 12.1 Å². The lowest BCUT2D eigenvalue weighted by molar-refractivity contribution is -0.150. The molecule has 0 aromatic heterocycles. The van der Waals surface area contributed by atoms with Crippen LogP contribution in [0.15, 0.2) is 0 Å². The van der Waals surface area contributed by atoms with E-state index in [2.05, 4.69) is 20.8 Å². The number of ether oxygens (including phenoxy) is 1. The third kappa shape index (κ3) is 6.01. The Hall–Kier alpha value is -0.530. The first-order valence-corrected chi connectivity index (χ1v) is 5.79. The summed E-state index contributed by atoms with van der Waals surface area (Å²) in [5.41, 5.74) is 0. The van der Waals surface area contributed by atoms with E-state index in [9.17, 15) is 4.79 Å². The molecule has 1 saturated carbocycles. The quantitative estimate of drug-likeness (QED) is 0.605. The summed E-state index contributed by atoms with van der Waals surface area (Å²) in [6, 6.07) is 0. The predicted molar refractivity (Wildman–Crippen MR) is 59.2 cm³/mol. The predicted octanol–water partition coefficient (Wildman–Crippen LogP) is 3.54. The van der Waals surface area contributed by atoms with Crippen molar-refractivity contribution in [2.45, 2.75) is 65.9 Å². The molecule has 0 heterocycles. The first-order valence-electron chi connectivity index (χ1n) is 5.79. The number of rotatable bonds is 1. The van der Waals surface area contributed by atoms with Crippen LogP contribution in [-0.2, 0) is 9.53 Å². The van der Waals surface area contributed by atoms with Crippen LogP contribution in [0.3, 0.4) is 0 Å². The number of hydrogen-bond acceptors (Lipinski definition) is 2. The molecule has 1 rings (SSSR count). The van der Waals surface area contributed by atoms with Gasteiger partial charge in [-0.15, -0.1) is 0 Å². The van der Waals surface area contributed by atoms with E-state index in [1.165, 1.54) is 32.6 Å². The SMILES string of the molecule is CC(=O)OC1CCCCC1C.CCC. The van der Waals surface area contributed by atoms with Crippen LogP contribution < -0.4 is 0 Å². The highest BCUT2D eigenvalue weighted by atomic mass is 16.5. The van der Waals surface area contributed by atoms with E-state index in [0.717, 1.165) is 6.42 Å². The Morgan fingerprint density at radius 1 is 1.29 bits per heavy atom. The van der Waals surface area contributed by atoms with Crippen LogP contribution in [0.1, 0.15) is 59.8 Å². The third-order valence-electron chi connectivity index (χ3n) is 2.35. The smallest absolute Gasteiger partial charge is 0.302 e. The molecule has 0 amide bonds. The lowest BCUT2D eigenvalue weighted by Gasteiger charge is -2.27. The Balaban J connectivity index is 0.000000500. The van der Waals surface area contributed by atoms with Crippen molar-refractivity contribution >= 4 is 5.97 Å². The molecule has 0 spiro atoms. The second-order valence-corrected chi connectivity index (χ2v) is 4.12. The Bertz CT molecular complexity index is 154. The summed E-state index contributed by atoms with van der Waals surface area (Å²) in [6.45, 7) is 7.90. The Labute approximate surface area is 88.0 Å². The van der Waals surface area contributed by atoms with Crippen molar-refractivity contribution in [1.82, 2.24) is 0 Å². The average molecular weight is 200 g/mol. The van der Waals surface area contributed by atoms with Gasteiger partial charge in [0.25, 0.3) is 0 Å². The van der Waals surface area contributed by atoms with E-state index in [1.54, 1.807) is 0 Å². The van der Waals surface area contributed by atoms with Gasteiger partial charge in [-0.2, -0.15) is 0 Å². The van der Waals surface area contributed by atoms with Crippen molar-refractivity contribution < 1.29 is 9.53 Å². The summed E-state index contributed by atoms with van der Waals surface area (Å²) in [7, 11) is 0. The van der Waals surface area contributed by atoms with Gasteiger partial charge in [0, 0.05) is 6.92 Å². The van der Waals surface area contributed by atoms with Gasteiger partial charge in [0.1, 0.15) is 6.10 Å². The Morgan fingerprint density at radius 2 is 1.79 bits per heavy atom. The maximum atomic E-state index is 10.6. The van der Waals surface area contributed by atoms with E-state index in [4.69, 9.17) is 4.74 Å². The monoisotopic (exact) mass is 200 g/mol. The molecule has 1 fully saturated rings. The van der Waals surface area contributed by atoms with E-state index in [-0.39, 0.29) is 12.1 Å². The molecule has 0 aromatic carbocycles. The zero-order chi connectivity index (χ0) is 11.0. The van der Waals surface area contributed by atoms with Gasteiger partial charge < -0.3 is 4.74 Å². The fourth-order valence-corrected chi connectivity index (χ4v) is 1.67. The number of esters is 1. The second-order valence-electron chi connectivity index (χ2n) is 4.12. The van der Waals surface area contributed by atoms with Crippen LogP contribution in [0.5, 0.6) is 0 Å². The van der Waals surface area contributed by atoms with Crippen LogP contribution in [0.4, 0.5) is 0 Å². The van der Waals surface area contributed by atoms with Crippen molar-refractivity contribution in [2.24, 2.45) is 5.92 Å². The molecule has 0 bridgehead atoms. The summed E-state index contributed by atoms with van der Waals surface area (Å²) in [5.74, 6) is 0.427. The summed E-state index contributed by atoms with van der Waals surface area (Å²) in [5, 5.41) is 0. The van der Waals surface area contributed by atoms with Gasteiger partial charge in [-0.3, -0.25) is 4.79 Å². The largest absolute Gasteiger partial charge is 0.462 e. The van der Waals surface area contributed by atoms with Crippen LogP contribution in [0, 0.1) is 5.92 Å². The van der Waals surface area contributed by atoms with Gasteiger partial charge in [0.05, 0.1) is 0 Å². The molecule has 14 heavy (non-hydrogen) atoms. The highest BCUT2D eigenvalue weighted by molar-refractivity contribution is 5.66. The van der Waals surface area contributed by atoms with Crippen molar-refractivity contribution in [2.75, 3.05) is 0 Å². The summed E-state index contributed by atoms with van der Waals surface area (Å²) in [4.78, 5) is 10.6. The maximum Gasteiger partial charge on any atom is 0.302 e. The molecule has 0 aromatic rings. The van der Waals surface area contributed by atoms with Crippen molar-refractivity contribution in [3.8, 4) is 0 Å². The third-order valence-corrected chi connectivity index (χ3v) is 2.35. The van der Waals surface area contributed by atoms with Gasteiger partial charge in [0.2, 0.25) is 0 Å². The van der Waals surface area contributed by atoms with Crippen LogP contribution in [0.2, 0.25) is 0 Å². The van der Waals surface area contributed by atoms with Gasteiger partial charge in [-0.1, -0.05) is 33.6 Å². The Kier molecular flexibility index (Phi) is 7.54. The molecule has 2 unspecified atom stereocenters. The summed E-state index contributed by atoms with van der Waals surface area (Å²) >= 11 is 0. The zero-order valence-corrected chi connectivity index (χ0v) is 10.0. The molecule has 0 radical (unpaired) electrons. The molecule has 1 aliphatic carbocycles. The first-order chi connectivity index (χ1) is 6.61. The summed E-state index contributed by atoms with van der Waals surface area (Å²) < 4.78 is 5.16. The highest BCUT2D eigenvalue weighted by Crippen LogP contribution is 2.26. The molecule has 0 aliphatic heterocycles. The Morgan fingerprint density at radius 3 is 2.21 bits per heavy atom. The van der Waals surface area contributed by atoms with E-state index in [0.29, 0.717) is 5.92 Å².